The van der Waals surface area contributed by atoms with Crippen molar-refractivity contribution in [1.29, 1.82) is 0 Å². The summed E-state index contributed by atoms with van der Waals surface area (Å²) in [6.45, 7) is 8.10. The first-order valence-corrected chi connectivity index (χ1v) is 11.7. The Labute approximate surface area is 182 Å². The van der Waals surface area contributed by atoms with E-state index in [-0.39, 0.29) is 4.90 Å². The van der Waals surface area contributed by atoms with Crippen LogP contribution in [0.2, 0.25) is 0 Å². The van der Waals surface area contributed by atoms with Gasteiger partial charge in [0.05, 0.1) is 16.3 Å². The number of pyridine rings is 1. The number of aromatic amines is 1. The van der Waals surface area contributed by atoms with Crippen LogP contribution in [0.4, 0.5) is 0 Å². The number of H-pyrrole nitrogens is 1. The average molecular weight is 436 g/mol. The topological polar surface area (TPSA) is 101 Å². The molecule has 3 aromatic rings. The lowest BCUT2D eigenvalue weighted by molar-refractivity contribution is 0.602. The van der Waals surface area contributed by atoms with Crippen LogP contribution < -0.4 is 0 Å². The van der Waals surface area contributed by atoms with E-state index in [1.165, 1.54) is 6.26 Å². The van der Waals surface area contributed by atoms with Crippen LogP contribution in [-0.4, -0.2) is 40.8 Å². The number of sulfone groups is 1. The maximum atomic E-state index is 11.7. The number of nitrogens with zero attached hydrogens (tertiary/aromatic N) is 4. The summed E-state index contributed by atoms with van der Waals surface area (Å²) in [7, 11) is -3.25. The molecular weight excluding hydrogens is 410 g/mol. The molecule has 160 valence electrons. The summed E-state index contributed by atoms with van der Waals surface area (Å²) >= 11 is 0. The maximum absolute atomic E-state index is 11.7. The Balaban J connectivity index is 1.89. The SMILES string of the molecule is C=C(N=C(C)C/C=C\CC)c1n[nH]nc1-c1ccnc(-c2ccc(S(C)(=O)=O)cc2)c1. The highest BCUT2D eigenvalue weighted by atomic mass is 32.2. The maximum Gasteiger partial charge on any atom is 0.175 e. The van der Waals surface area contributed by atoms with Gasteiger partial charge in [-0.3, -0.25) is 9.98 Å². The molecule has 31 heavy (non-hydrogen) atoms. The van der Waals surface area contributed by atoms with E-state index in [0.717, 1.165) is 29.7 Å². The number of rotatable bonds is 8. The van der Waals surface area contributed by atoms with Crippen LogP contribution in [-0.2, 0) is 9.84 Å². The van der Waals surface area contributed by atoms with Gasteiger partial charge < -0.3 is 0 Å². The Hall–Kier alpha value is -3.39. The van der Waals surface area contributed by atoms with Crippen molar-refractivity contribution in [1.82, 2.24) is 20.4 Å². The molecule has 3 rings (SSSR count). The fraction of sp³-hybridized carbons (Fsp3) is 0.217. The molecule has 0 aliphatic heterocycles. The van der Waals surface area contributed by atoms with Crippen molar-refractivity contribution < 1.29 is 8.42 Å². The Bertz CT molecular complexity index is 1240. The zero-order chi connectivity index (χ0) is 22.4. The molecule has 1 N–H and O–H groups in total. The van der Waals surface area contributed by atoms with E-state index in [4.69, 9.17) is 0 Å². The smallest absolute Gasteiger partial charge is 0.175 e. The number of hydrogen-bond donors (Lipinski definition) is 1. The first kappa shape index (κ1) is 22.3. The minimum absolute atomic E-state index is 0.268. The number of nitrogens with one attached hydrogen (secondary N) is 1. The molecule has 0 saturated carbocycles. The molecule has 0 saturated heterocycles. The van der Waals surface area contributed by atoms with Gasteiger partial charge in [0.1, 0.15) is 11.4 Å². The lowest BCUT2D eigenvalue weighted by Gasteiger charge is -2.06. The minimum atomic E-state index is -3.25. The predicted octanol–water partition coefficient (Wildman–Crippen LogP) is 4.73. The summed E-state index contributed by atoms with van der Waals surface area (Å²) < 4.78 is 23.4. The zero-order valence-corrected chi connectivity index (χ0v) is 18.6. The monoisotopic (exact) mass is 435 g/mol. The van der Waals surface area contributed by atoms with Crippen LogP contribution in [0.5, 0.6) is 0 Å². The highest BCUT2D eigenvalue weighted by Crippen LogP contribution is 2.28. The van der Waals surface area contributed by atoms with E-state index in [2.05, 4.69) is 51.0 Å². The number of hydrogen-bond acceptors (Lipinski definition) is 6. The van der Waals surface area contributed by atoms with Gasteiger partial charge in [-0.1, -0.05) is 37.8 Å². The molecule has 0 aliphatic carbocycles. The van der Waals surface area contributed by atoms with Crippen molar-refractivity contribution in [3.63, 3.8) is 0 Å². The van der Waals surface area contributed by atoms with E-state index < -0.39 is 9.84 Å². The largest absolute Gasteiger partial charge is 0.256 e. The molecule has 0 radical (unpaired) electrons. The van der Waals surface area contributed by atoms with Crippen molar-refractivity contribution in [2.24, 2.45) is 4.99 Å². The molecule has 0 fully saturated rings. The molecule has 1 aromatic carbocycles. The second kappa shape index (κ2) is 9.61. The molecule has 7 nitrogen and oxygen atoms in total. The summed E-state index contributed by atoms with van der Waals surface area (Å²) in [5, 5.41) is 11.2. The van der Waals surface area contributed by atoms with Gasteiger partial charge in [0.15, 0.2) is 9.84 Å². The molecule has 0 aliphatic rings. The van der Waals surface area contributed by atoms with Crippen LogP contribution in [0.3, 0.4) is 0 Å². The first-order chi connectivity index (χ1) is 14.8. The van der Waals surface area contributed by atoms with Gasteiger partial charge in [-0.05, 0) is 37.6 Å². The van der Waals surface area contributed by atoms with Gasteiger partial charge in [0, 0.05) is 35.7 Å². The quantitative estimate of drug-likeness (QED) is 0.407. The van der Waals surface area contributed by atoms with Crippen molar-refractivity contribution in [2.45, 2.75) is 31.6 Å². The Morgan fingerprint density at radius 1 is 1.13 bits per heavy atom. The third-order valence-corrected chi connectivity index (χ3v) is 5.70. The zero-order valence-electron chi connectivity index (χ0n) is 17.8. The lowest BCUT2D eigenvalue weighted by atomic mass is 10.1. The van der Waals surface area contributed by atoms with Gasteiger partial charge in [0.2, 0.25) is 0 Å². The summed E-state index contributed by atoms with van der Waals surface area (Å²) in [6, 6.07) is 10.3. The molecule has 2 aromatic heterocycles. The van der Waals surface area contributed by atoms with Gasteiger partial charge in [0.25, 0.3) is 0 Å². The number of aromatic nitrogens is 4. The third kappa shape index (κ3) is 5.61. The fourth-order valence-corrected chi connectivity index (χ4v) is 3.62. The number of aliphatic imine (C=N–C) groups is 1. The van der Waals surface area contributed by atoms with Crippen LogP contribution in [0.1, 0.15) is 32.4 Å². The van der Waals surface area contributed by atoms with E-state index in [1.54, 1.807) is 30.5 Å². The fourth-order valence-electron chi connectivity index (χ4n) is 2.99. The second-order valence-electron chi connectivity index (χ2n) is 7.12. The van der Waals surface area contributed by atoms with E-state index in [1.807, 2.05) is 19.1 Å². The highest BCUT2D eigenvalue weighted by Gasteiger charge is 2.15. The molecule has 2 heterocycles. The highest BCUT2D eigenvalue weighted by molar-refractivity contribution is 7.90. The molecule has 0 amide bonds. The summed E-state index contributed by atoms with van der Waals surface area (Å²) in [5.74, 6) is 0. The van der Waals surface area contributed by atoms with E-state index >= 15 is 0 Å². The van der Waals surface area contributed by atoms with Crippen LogP contribution in [0.15, 0.2) is 71.2 Å². The molecule has 0 spiro atoms. The average Bonchev–Trinajstić information content (AvgIpc) is 3.24. The molecule has 0 unspecified atom stereocenters. The Morgan fingerprint density at radius 3 is 2.55 bits per heavy atom. The van der Waals surface area contributed by atoms with Crippen molar-refractivity contribution in [3.8, 4) is 22.5 Å². The summed E-state index contributed by atoms with van der Waals surface area (Å²) in [4.78, 5) is 9.25. The first-order valence-electron chi connectivity index (χ1n) is 9.85. The summed E-state index contributed by atoms with van der Waals surface area (Å²) in [5.41, 5.74) is 4.97. The number of benzene rings is 1. The van der Waals surface area contributed by atoms with Gasteiger partial charge in [-0.2, -0.15) is 15.4 Å². The van der Waals surface area contributed by atoms with Gasteiger partial charge in [-0.25, -0.2) is 8.42 Å². The van der Waals surface area contributed by atoms with E-state index in [9.17, 15) is 8.42 Å². The van der Waals surface area contributed by atoms with Gasteiger partial charge >= 0.3 is 0 Å². The standard InChI is InChI=1S/C23H25N5O2S/c1-5-6-7-8-16(2)25-17(3)22-23(27-28-26-22)19-13-14-24-21(15-19)18-9-11-20(12-10-18)31(4,29)30/h6-7,9-15H,3,5,8H2,1-2,4H3,(H,26,27,28)/b7-6-,25-16?. The van der Waals surface area contributed by atoms with Crippen LogP contribution in [0.25, 0.3) is 28.2 Å². The van der Waals surface area contributed by atoms with Crippen molar-refractivity contribution in [2.75, 3.05) is 6.26 Å². The Kier molecular flexibility index (Phi) is 6.91. The minimum Gasteiger partial charge on any atom is -0.256 e. The summed E-state index contributed by atoms with van der Waals surface area (Å²) in [6.07, 6.45) is 8.79. The van der Waals surface area contributed by atoms with Crippen LogP contribution in [0, 0.1) is 0 Å². The van der Waals surface area contributed by atoms with Gasteiger partial charge in [-0.15, -0.1) is 0 Å². The normalized spacial score (nSPS) is 12.4. The van der Waals surface area contributed by atoms with E-state index in [0.29, 0.717) is 22.8 Å². The third-order valence-electron chi connectivity index (χ3n) is 4.57. The predicted molar refractivity (Wildman–Crippen MR) is 124 cm³/mol. The van der Waals surface area contributed by atoms with Crippen LogP contribution >= 0.6 is 0 Å². The van der Waals surface area contributed by atoms with Crippen molar-refractivity contribution in [3.05, 3.63) is 67.0 Å². The molecular formula is C23H25N5O2S. The molecule has 0 bridgehead atoms. The molecule has 0 atom stereocenters. The van der Waals surface area contributed by atoms with Crippen molar-refractivity contribution >= 4 is 21.2 Å². The lowest BCUT2D eigenvalue weighted by Crippen LogP contribution is -1.96. The Morgan fingerprint density at radius 2 is 1.87 bits per heavy atom. The molecule has 8 heteroatoms. The second-order valence-corrected chi connectivity index (χ2v) is 9.14. The number of allylic oxidation sites excluding steroid dienone is 2.